The van der Waals surface area contributed by atoms with Crippen LogP contribution in [0.15, 0.2) is 65.0 Å². The molecule has 1 aliphatic heterocycles. The smallest absolute Gasteiger partial charge is 0.228 e. The fourth-order valence-electron chi connectivity index (χ4n) is 3.55. The molecule has 5 heterocycles. The van der Waals surface area contributed by atoms with Gasteiger partial charge in [0.25, 0.3) is 0 Å². The highest BCUT2D eigenvalue weighted by Crippen LogP contribution is 2.44. The highest BCUT2D eigenvalue weighted by Gasteiger charge is 2.37. The molecule has 4 aromatic rings. The summed E-state index contributed by atoms with van der Waals surface area (Å²) >= 11 is 0. The second-order valence-electron chi connectivity index (χ2n) is 6.49. The summed E-state index contributed by atoms with van der Waals surface area (Å²) in [4.78, 5) is 25.6. The van der Waals surface area contributed by atoms with E-state index >= 15 is 0 Å². The lowest BCUT2D eigenvalue weighted by atomic mass is 9.85. The molecule has 0 radical (unpaired) electrons. The number of furan rings is 1. The Kier molecular flexibility index (Phi) is 3.58. The molecule has 0 unspecified atom stereocenters. The van der Waals surface area contributed by atoms with Crippen LogP contribution in [0.5, 0.6) is 5.88 Å². The van der Waals surface area contributed by atoms with Gasteiger partial charge in [0.15, 0.2) is 17.3 Å². The van der Waals surface area contributed by atoms with Crippen molar-refractivity contribution in [2.45, 2.75) is 19.8 Å². The van der Waals surface area contributed by atoms with Crippen LogP contribution in [-0.4, -0.2) is 30.3 Å². The summed E-state index contributed by atoms with van der Waals surface area (Å²) in [6.45, 7) is 3.27. The third-order valence-corrected chi connectivity index (χ3v) is 4.72. The first-order valence-corrected chi connectivity index (χ1v) is 8.72. The molecule has 1 atom stereocenters. The largest absolute Gasteiger partial charge is 0.468 e. The molecule has 28 heavy (non-hydrogen) atoms. The lowest BCUT2D eigenvalue weighted by Crippen LogP contribution is -2.21. The van der Waals surface area contributed by atoms with Crippen LogP contribution in [0.2, 0.25) is 0 Å². The summed E-state index contributed by atoms with van der Waals surface area (Å²) in [5.41, 5.74) is 2.50. The van der Waals surface area contributed by atoms with Crippen LogP contribution in [0.3, 0.4) is 0 Å². The summed E-state index contributed by atoms with van der Waals surface area (Å²) in [6.07, 6.45) is 6.51. The van der Waals surface area contributed by atoms with E-state index in [1.165, 1.54) is 6.92 Å². The van der Waals surface area contributed by atoms with Gasteiger partial charge in [-0.15, -0.1) is 5.10 Å². The highest BCUT2D eigenvalue weighted by atomic mass is 16.5. The van der Waals surface area contributed by atoms with E-state index in [4.69, 9.17) is 14.1 Å². The Hall–Kier alpha value is -3.81. The lowest BCUT2D eigenvalue weighted by molar-refractivity contribution is -0.114. The van der Waals surface area contributed by atoms with E-state index in [0.29, 0.717) is 40.0 Å². The predicted molar refractivity (Wildman–Crippen MR) is 98.6 cm³/mol. The minimum Gasteiger partial charge on any atom is -0.468 e. The maximum atomic E-state index is 12.4. The number of pyridine rings is 1. The maximum absolute atomic E-state index is 12.4. The fourth-order valence-corrected chi connectivity index (χ4v) is 3.55. The van der Waals surface area contributed by atoms with Crippen molar-refractivity contribution >= 4 is 11.4 Å². The van der Waals surface area contributed by atoms with E-state index in [0.717, 1.165) is 5.56 Å². The van der Waals surface area contributed by atoms with E-state index in [-0.39, 0.29) is 5.78 Å². The van der Waals surface area contributed by atoms with Gasteiger partial charge in [-0.25, -0.2) is 14.5 Å². The van der Waals surface area contributed by atoms with Crippen LogP contribution in [0, 0.1) is 0 Å². The molecule has 0 saturated carbocycles. The Labute approximate surface area is 159 Å². The Morgan fingerprint density at radius 1 is 1.25 bits per heavy atom. The molecule has 1 aliphatic rings. The van der Waals surface area contributed by atoms with Crippen molar-refractivity contribution in [1.82, 2.24) is 24.6 Å². The van der Waals surface area contributed by atoms with Gasteiger partial charge in [-0.2, -0.15) is 0 Å². The number of carbonyl (C=O) groups excluding carboxylic acids is 1. The Morgan fingerprint density at radius 3 is 2.86 bits per heavy atom. The number of allylic oxidation sites excluding steroid dienone is 2. The molecule has 0 aliphatic carbocycles. The summed E-state index contributed by atoms with van der Waals surface area (Å²) in [7, 11) is 0. The lowest BCUT2D eigenvalue weighted by Gasteiger charge is -2.26. The Balaban J connectivity index is 1.79. The SMILES string of the molecule is CC(=O)C1=C(C)Oc2ncn3nc(-c4cccnc4)nc3c2[C@H]1c1ccco1. The molecular formula is C20H15N5O3. The number of hydrogen-bond acceptors (Lipinski definition) is 7. The van der Waals surface area contributed by atoms with Gasteiger partial charge < -0.3 is 9.15 Å². The van der Waals surface area contributed by atoms with Crippen molar-refractivity contribution in [3.05, 3.63) is 71.9 Å². The minimum atomic E-state index is -0.474. The zero-order valence-corrected chi connectivity index (χ0v) is 15.2. The normalized spacial score (nSPS) is 16.1. The van der Waals surface area contributed by atoms with Gasteiger partial charge in [0.2, 0.25) is 5.88 Å². The van der Waals surface area contributed by atoms with E-state index in [1.54, 1.807) is 42.5 Å². The second kappa shape index (κ2) is 6.12. The number of Topliss-reactive ketones (excluding diaryl/α,β-unsaturated/α-hetero) is 1. The number of fused-ring (bicyclic) bond motifs is 3. The van der Waals surface area contributed by atoms with Gasteiger partial charge in [0, 0.05) is 23.5 Å². The summed E-state index contributed by atoms with van der Waals surface area (Å²) in [5.74, 6) is 1.45. The van der Waals surface area contributed by atoms with Crippen molar-refractivity contribution in [2.24, 2.45) is 0 Å². The molecule has 0 bridgehead atoms. The zero-order valence-electron chi connectivity index (χ0n) is 15.2. The van der Waals surface area contributed by atoms with E-state index in [9.17, 15) is 4.79 Å². The van der Waals surface area contributed by atoms with E-state index in [2.05, 4.69) is 15.1 Å². The van der Waals surface area contributed by atoms with Gasteiger partial charge in [-0.3, -0.25) is 9.78 Å². The zero-order chi connectivity index (χ0) is 19.3. The Bertz CT molecular complexity index is 1230. The number of nitrogens with zero attached hydrogens (tertiary/aromatic N) is 5. The molecule has 0 fully saturated rings. The van der Waals surface area contributed by atoms with Crippen LogP contribution in [0.1, 0.15) is 31.1 Å². The van der Waals surface area contributed by atoms with Crippen molar-refractivity contribution in [3.63, 3.8) is 0 Å². The van der Waals surface area contributed by atoms with Crippen LogP contribution in [0.25, 0.3) is 17.0 Å². The summed E-state index contributed by atoms with van der Waals surface area (Å²) in [5, 5.41) is 4.51. The number of ether oxygens (including phenoxy) is 1. The molecule has 8 nitrogen and oxygen atoms in total. The first kappa shape index (κ1) is 16.4. The van der Waals surface area contributed by atoms with Gasteiger partial charge in [-0.1, -0.05) is 0 Å². The third-order valence-electron chi connectivity index (χ3n) is 4.72. The molecule has 8 heteroatoms. The van der Waals surface area contributed by atoms with Gasteiger partial charge in [0.1, 0.15) is 17.8 Å². The maximum Gasteiger partial charge on any atom is 0.228 e. The fraction of sp³-hybridized carbons (Fsp3) is 0.150. The van der Waals surface area contributed by atoms with Crippen LogP contribution < -0.4 is 4.74 Å². The summed E-state index contributed by atoms with van der Waals surface area (Å²) in [6, 6.07) is 7.32. The molecule has 5 rings (SSSR count). The summed E-state index contributed by atoms with van der Waals surface area (Å²) < 4.78 is 13.1. The quantitative estimate of drug-likeness (QED) is 0.544. The number of aromatic nitrogens is 5. The average molecular weight is 373 g/mol. The van der Waals surface area contributed by atoms with Crippen molar-refractivity contribution < 1.29 is 13.9 Å². The van der Waals surface area contributed by atoms with Crippen LogP contribution >= 0.6 is 0 Å². The molecule has 138 valence electrons. The van der Waals surface area contributed by atoms with Crippen molar-refractivity contribution in [1.29, 1.82) is 0 Å². The third kappa shape index (κ3) is 2.42. The number of rotatable bonds is 3. The standard InChI is InChI=1S/C20H15N5O3/c1-11(26)15-12(2)28-20-17(16(15)14-6-4-8-27-14)19-23-18(24-25(19)10-22-20)13-5-3-7-21-9-13/h3-10,16H,1-2H3/t16-/m0/s1. The van der Waals surface area contributed by atoms with E-state index in [1.807, 2.05) is 18.2 Å². The van der Waals surface area contributed by atoms with Gasteiger partial charge in [0.05, 0.1) is 17.7 Å². The first-order valence-electron chi connectivity index (χ1n) is 8.72. The number of hydrogen-bond donors (Lipinski definition) is 0. The molecule has 0 aromatic carbocycles. The molecule has 0 N–H and O–H groups in total. The van der Waals surface area contributed by atoms with Crippen molar-refractivity contribution in [3.8, 4) is 17.3 Å². The minimum absolute atomic E-state index is 0.0986. The molecule has 0 amide bonds. The number of ketones is 1. The Morgan fingerprint density at radius 2 is 2.14 bits per heavy atom. The second-order valence-corrected chi connectivity index (χ2v) is 6.49. The number of carbonyl (C=O) groups is 1. The molecule has 0 spiro atoms. The topological polar surface area (TPSA) is 95.4 Å². The molecule has 0 saturated heterocycles. The van der Waals surface area contributed by atoms with Gasteiger partial charge >= 0.3 is 0 Å². The molecule has 4 aromatic heterocycles. The average Bonchev–Trinajstić information content (AvgIpc) is 3.37. The van der Waals surface area contributed by atoms with Gasteiger partial charge in [-0.05, 0) is 38.1 Å². The monoisotopic (exact) mass is 373 g/mol. The van der Waals surface area contributed by atoms with Crippen molar-refractivity contribution in [2.75, 3.05) is 0 Å². The highest BCUT2D eigenvalue weighted by molar-refractivity contribution is 5.97. The molecular weight excluding hydrogens is 358 g/mol. The van der Waals surface area contributed by atoms with Crippen LogP contribution in [-0.2, 0) is 4.79 Å². The van der Waals surface area contributed by atoms with Crippen LogP contribution in [0.4, 0.5) is 0 Å². The van der Waals surface area contributed by atoms with E-state index < -0.39 is 5.92 Å². The predicted octanol–water partition coefficient (Wildman–Crippen LogP) is 3.17. The first-order chi connectivity index (χ1) is 13.6.